The van der Waals surface area contributed by atoms with Crippen molar-refractivity contribution in [3.63, 3.8) is 0 Å². The summed E-state index contributed by atoms with van der Waals surface area (Å²) in [5.74, 6) is 1.01. The normalized spacial score (nSPS) is 12.6. The number of aromatic nitrogens is 2. The van der Waals surface area contributed by atoms with Gasteiger partial charge in [-0.3, -0.25) is 4.90 Å². The van der Waals surface area contributed by atoms with Gasteiger partial charge in [0.2, 0.25) is 0 Å². The van der Waals surface area contributed by atoms with Crippen molar-refractivity contribution in [1.82, 2.24) is 19.8 Å². The number of nitrogens with one attached hydrogen (secondary N) is 1. The lowest BCUT2D eigenvalue weighted by molar-refractivity contribution is 0.294. The molecule has 5 nitrogen and oxygen atoms in total. The lowest BCUT2D eigenvalue weighted by Gasteiger charge is -2.20. The molecule has 0 aromatic carbocycles. The van der Waals surface area contributed by atoms with Crippen LogP contribution < -0.4 is 5.32 Å². The standard InChI is InChI=1S/C12H21N5/c1-4-5-14-11(8-13)9-16(2)10-12-15-6-7-17(12)3/h6-7,11,14H,4-5,9-10H2,1-3H3. The van der Waals surface area contributed by atoms with Gasteiger partial charge in [-0.05, 0) is 20.0 Å². The zero-order valence-electron chi connectivity index (χ0n) is 10.8. The lowest BCUT2D eigenvalue weighted by atomic mass is 10.3. The second-order valence-corrected chi connectivity index (χ2v) is 4.29. The van der Waals surface area contributed by atoms with Gasteiger partial charge in [-0.2, -0.15) is 5.26 Å². The zero-order chi connectivity index (χ0) is 12.7. The molecule has 1 N–H and O–H groups in total. The maximum atomic E-state index is 9.02. The molecule has 0 aliphatic carbocycles. The summed E-state index contributed by atoms with van der Waals surface area (Å²) in [5.41, 5.74) is 0. The van der Waals surface area contributed by atoms with E-state index in [0.717, 1.165) is 25.3 Å². The van der Waals surface area contributed by atoms with Crippen molar-refractivity contribution in [3.05, 3.63) is 18.2 Å². The van der Waals surface area contributed by atoms with Gasteiger partial charge in [-0.1, -0.05) is 6.92 Å². The molecule has 0 aliphatic rings. The maximum Gasteiger partial charge on any atom is 0.122 e. The molecule has 1 unspecified atom stereocenters. The smallest absolute Gasteiger partial charge is 0.122 e. The summed E-state index contributed by atoms with van der Waals surface area (Å²) < 4.78 is 2.00. The van der Waals surface area contributed by atoms with Gasteiger partial charge in [0.25, 0.3) is 0 Å². The van der Waals surface area contributed by atoms with Gasteiger partial charge in [0.1, 0.15) is 11.9 Å². The summed E-state index contributed by atoms with van der Waals surface area (Å²) in [6.45, 7) is 4.45. The van der Waals surface area contributed by atoms with Gasteiger partial charge < -0.3 is 9.88 Å². The van der Waals surface area contributed by atoms with Crippen molar-refractivity contribution in [1.29, 1.82) is 5.26 Å². The van der Waals surface area contributed by atoms with Gasteiger partial charge in [0.15, 0.2) is 0 Å². The second kappa shape index (κ2) is 7.05. The second-order valence-electron chi connectivity index (χ2n) is 4.29. The van der Waals surface area contributed by atoms with Crippen LogP contribution in [-0.2, 0) is 13.6 Å². The van der Waals surface area contributed by atoms with E-state index in [-0.39, 0.29) is 6.04 Å². The van der Waals surface area contributed by atoms with Crippen LogP contribution in [0.15, 0.2) is 12.4 Å². The topological polar surface area (TPSA) is 56.9 Å². The first kappa shape index (κ1) is 13.7. The Bertz CT molecular complexity index is 365. The van der Waals surface area contributed by atoms with Crippen LogP contribution in [0, 0.1) is 11.3 Å². The molecule has 1 rings (SSSR count). The van der Waals surface area contributed by atoms with Gasteiger partial charge >= 0.3 is 0 Å². The fourth-order valence-corrected chi connectivity index (χ4v) is 1.64. The van der Waals surface area contributed by atoms with Crippen molar-refractivity contribution < 1.29 is 0 Å². The molecule has 0 aliphatic heterocycles. The zero-order valence-corrected chi connectivity index (χ0v) is 10.8. The molecule has 17 heavy (non-hydrogen) atoms. The Balaban J connectivity index is 2.40. The van der Waals surface area contributed by atoms with Crippen LogP contribution in [-0.4, -0.2) is 40.6 Å². The number of hydrogen-bond donors (Lipinski definition) is 1. The highest BCUT2D eigenvalue weighted by Gasteiger charge is 2.11. The van der Waals surface area contributed by atoms with E-state index >= 15 is 0 Å². The average Bonchev–Trinajstić information content (AvgIpc) is 2.70. The molecule has 1 aromatic heterocycles. The molecule has 0 fully saturated rings. The quantitative estimate of drug-likeness (QED) is 0.757. The van der Waals surface area contributed by atoms with E-state index in [9.17, 15) is 0 Å². The van der Waals surface area contributed by atoms with E-state index in [0.29, 0.717) is 6.54 Å². The summed E-state index contributed by atoms with van der Waals surface area (Å²) in [6, 6.07) is 2.17. The Morgan fingerprint density at radius 1 is 1.65 bits per heavy atom. The van der Waals surface area contributed by atoms with Crippen LogP contribution in [0.2, 0.25) is 0 Å². The van der Waals surface area contributed by atoms with Gasteiger partial charge in [-0.15, -0.1) is 0 Å². The van der Waals surface area contributed by atoms with Crippen LogP contribution in [0.5, 0.6) is 0 Å². The van der Waals surface area contributed by atoms with Gasteiger partial charge in [0.05, 0.1) is 12.6 Å². The lowest BCUT2D eigenvalue weighted by Crippen LogP contribution is -2.38. The number of aryl methyl sites for hydroxylation is 1. The van der Waals surface area contributed by atoms with E-state index in [1.807, 2.05) is 24.9 Å². The highest BCUT2D eigenvalue weighted by Crippen LogP contribution is 2.00. The molecule has 0 saturated heterocycles. The number of rotatable bonds is 7. The molecule has 0 amide bonds. The largest absolute Gasteiger partial charge is 0.337 e. The van der Waals surface area contributed by atoms with E-state index < -0.39 is 0 Å². The average molecular weight is 235 g/mol. The molecule has 94 valence electrons. The molecule has 1 atom stereocenters. The van der Waals surface area contributed by atoms with Gasteiger partial charge in [0, 0.05) is 26.0 Å². The first-order valence-electron chi connectivity index (χ1n) is 5.95. The minimum absolute atomic E-state index is 0.111. The Kier molecular flexibility index (Phi) is 5.67. The third kappa shape index (κ3) is 4.55. The van der Waals surface area contributed by atoms with Crippen LogP contribution >= 0.6 is 0 Å². The van der Waals surface area contributed by atoms with Crippen molar-refractivity contribution >= 4 is 0 Å². The van der Waals surface area contributed by atoms with E-state index in [1.165, 1.54) is 0 Å². The fraction of sp³-hybridized carbons (Fsp3) is 0.667. The number of nitrogens with zero attached hydrogens (tertiary/aromatic N) is 4. The van der Waals surface area contributed by atoms with E-state index in [2.05, 4.69) is 28.2 Å². The predicted molar refractivity (Wildman–Crippen MR) is 67.2 cm³/mol. The number of likely N-dealkylation sites (N-methyl/N-ethyl adjacent to an activating group) is 1. The number of imidazole rings is 1. The predicted octanol–water partition coefficient (Wildman–Crippen LogP) is 0.744. The van der Waals surface area contributed by atoms with E-state index in [4.69, 9.17) is 5.26 Å². The summed E-state index contributed by atoms with van der Waals surface area (Å²) in [4.78, 5) is 6.38. The third-order valence-electron chi connectivity index (χ3n) is 2.62. The Morgan fingerprint density at radius 3 is 2.94 bits per heavy atom. The molecule has 1 aromatic rings. The minimum Gasteiger partial charge on any atom is -0.337 e. The Hall–Kier alpha value is -1.38. The molecule has 0 bridgehead atoms. The van der Waals surface area contributed by atoms with Crippen LogP contribution in [0.25, 0.3) is 0 Å². The summed E-state index contributed by atoms with van der Waals surface area (Å²) in [7, 11) is 3.99. The minimum atomic E-state index is -0.111. The molecule has 0 spiro atoms. The highest BCUT2D eigenvalue weighted by atomic mass is 15.2. The van der Waals surface area contributed by atoms with Crippen LogP contribution in [0.3, 0.4) is 0 Å². The summed E-state index contributed by atoms with van der Waals surface area (Å²) in [6.07, 6.45) is 4.77. The maximum absolute atomic E-state index is 9.02. The number of nitriles is 1. The van der Waals surface area contributed by atoms with Gasteiger partial charge in [-0.25, -0.2) is 4.98 Å². The van der Waals surface area contributed by atoms with E-state index in [1.54, 1.807) is 6.20 Å². The first-order chi connectivity index (χ1) is 8.17. The molecule has 0 radical (unpaired) electrons. The molecular weight excluding hydrogens is 214 g/mol. The molecule has 0 saturated carbocycles. The SMILES string of the molecule is CCCNC(C#N)CN(C)Cc1nccn1C. The summed E-state index contributed by atoms with van der Waals surface area (Å²) in [5, 5.41) is 12.2. The number of hydrogen-bond acceptors (Lipinski definition) is 4. The van der Waals surface area contributed by atoms with Crippen LogP contribution in [0.4, 0.5) is 0 Å². The van der Waals surface area contributed by atoms with Crippen molar-refractivity contribution in [2.45, 2.75) is 25.9 Å². The van der Waals surface area contributed by atoms with Crippen molar-refractivity contribution in [2.75, 3.05) is 20.1 Å². The molecule has 5 heteroatoms. The van der Waals surface area contributed by atoms with Crippen molar-refractivity contribution in [2.24, 2.45) is 7.05 Å². The van der Waals surface area contributed by atoms with Crippen LogP contribution in [0.1, 0.15) is 19.2 Å². The monoisotopic (exact) mass is 235 g/mol. The molecule has 1 heterocycles. The third-order valence-corrected chi connectivity index (χ3v) is 2.62. The Morgan fingerprint density at radius 2 is 2.41 bits per heavy atom. The Labute approximate surface area is 103 Å². The summed E-state index contributed by atoms with van der Waals surface area (Å²) >= 11 is 0. The van der Waals surface area contributed by atoms with Crippen molar-refractivity contribution in [3.8, 4) is 6.07 Å². The highest BCUT2D eigenvalue weighted by molar-refractivity contribution is 4.94. The molecular formula is C12H21N5. The first-order valence-corrected chi connectivity index (χ1v) is 5.95. The fourth-order valence-electron chi connectivity index (χ4n) is 1.64.